The van der Waals surface area contributed by atoms with Crippen LogP contribution in [0.15, 0.2) is 54.6 Å². The third-order valence-corrected chi connectivity index (χ3v) is 3.97. The number of H-pyrrole nitrogens is 1. The fraction of sp³-hybridized carbons (Fsp3) is 0.176. The number of aromatic amines is 1. The van der Waals surface area contributed by atoms with Gasteiger partial charge in [0, 0.05) is 29.7 Å². The minimum Gasteiger partial charge on any atom is -0.387 e. The summed E-state index contributed by atoms with van der Waals surface area (Å²) < 4.78 is 0. The van der Waals surface area contributed by atoms with Crippen LogP contribution < -0.4 is 5.32 Å². The lowest BCUT2D eigenvalue weighted by Crippen LogP contribution is -2.21. The summed E-state index contributed by atoms with van der Waals surface area (Å²) in [6.07, 6.45) is -0.519. The van der Waals surface area contributed by atoms with E-state index in [1.165, 1.54) is 0 Å². The van der Waals surface area contributed by atoms with E-state index in [1.54, 1.807) is 0 Å². The lowest BCUT2D eigenvalue weighted by Gasteiger charge is -2.11. The Kier molecular flexibility index (Phi) is 4.25. The average molecular weight is 301 g/mol. The summed E-state index contributed by atoms with van der Waals surface area (Å²) in [5.41, 5.74) is 2.88. The molecule has 1 heterocycles. The van der Waals surface area contributed by atoms with Crippen LogP contribution in [0.1, 0.15) is 17.4 Å². The molecule has 3 rings (SSSR count). The molecule has 108 valence electrons. The van der Waals surface area contributed by atoms with E-state index in [1.807, 2.05) is 54.6 Å². The number of hydrogen-bond acceptors (Lipinski definition) is 2. The molecular formula is C17H17ClN2O. The van der Waals surface area contributed by atoms with E-state index in [9.17, 15) is 5.11 Å². The molecule has 3 aromatic rings. The zero-order chi connectivity index (χ0) is 14.7. The highest BCUT2D eigenvalue weighted by molar-refractivity contribution is 6.36. The molecule has 1 aromatic heterocycles. The number of aliphatic hydroxyl groups excluding tert-OH is 1. The second-order valence-electron chi connectivity index (χ2n) is 5.02. The maximum atomic E-state index is 10.1. The SMILES string of the molecule is OC(CNCc1[nH]c2ccccc2c1Cl)c1ccccc1. The smallest absolute Gasteiger partial charge is 0.0914 e. The van der Waals surface area contributed by atoms with Crippen molar-refractivity contribution in [3.8, 4) is 0 Å². The summed E-state index contributed by atoms with van der Waals surface area (Å²) >= 11 is 6.36. The van der Waals surface area contributed by atoms with E-state index >= 15 is 0 Å². The Balaban J connectivity index is 1.63. The third kappa shape index (κ3) is 3.10. The van der Waals surface area contributed by atoms with Crippen LogP contribution in [-0.2, 0) is 6.54 Å². The van der Waals surface area contributed by atoms with Crippen molar-refractivity contribution in [3.63, 3.8) is 0 Å². The highest BCUT2D eigenvalue weighted by Crippen LogP contribution is 2.27. The number of hydrogen-bond donors (Lipinski definition) is 3. The molecule has 3 nitrogen and oxygen atoms in total. The van der Waals surface area contributed by atoms with Gasteiger partial charge in [-0.25, -0.2) is 0 Å². The van der Waals surface area contributed by atoms with E-state index in [2.05, 4.69) is 10.3 Å². The second-order valence-corrected chi connectivity index (χ2v) is 5.40. The van der Waals surface area contributed by atoms with E-state index in [0.717, 1.165) is 27.2 Å². The minimum absolute atomic E-state index is 0.482. The summed E-state index contributed by atoms with van der Waals surface area (Å²) in [7, 11) is 0. The van der Waals surface area contributed by atoms with Gasteiger partial charge in [-0.3, -0.25) is 0 Å². The summed E-state index contributed by atoms with van der Waals surface area (Å²) in [6.45, 7) is 1.08. The predicted octanol–water partition coefficient (Wildman–Crippen LogP) is 3.64. The van der Waals surface area contributed by atoms with Gasteiger partial charge in [0.2, 0.25) is 0 Å². The molecule has 3 N–H and O–H groups in total. The predicted molar refractivity (Wildman–Crippen MR) is 86.4 cm³/mol. The van der Waals surface area contributed by atoms with Gasteiger partial charge >= 0.3 is 0 Å². The number of halogens is 1. The van der Waals surface area contributed by atoms with Gasteiger partial charge < -0.3 is 15.4 Å². The van der Waals surface area contributed by atoms with Crippen molar-refractivity contribution in [1.29, 1.82) is 0 Å². The summed E-state index contributed by atoms with van der Waals surface area (Å²) in [5, 5.41) is 15.1. The number of fused-ring (bicyclic) bond motifs is 1. The molecule has 2 aromatic carbocycles. The van der Waals surface area contributed by atoms with Crippen molar-refractivity contribution in [2.24, 2.45) is 0 Å². The maximum Gasteiger partial charge on any atom is 0.0914 e. The molecule has 0 radical (unpaired) electrons. The molecule has 0 saturated carbocycles. The molecule has 0 aliphatic heterocycles. The van der Waals surface area contributed by atoms with Gasteiger partial charge in [-0.15, -0.1) is 0 Å². The molecule has 0 spiro atoms. The Morgan fingerprint density at radius 2 is 1.76 bits per heavy atom. The molecule has 21 heavy (non-hydrogen) atoms. The molecular weight excluding hydrogens is 284 g/mol. The van der Waals surface area contributed by atoms with Crippen LogP contribution in [0.3, 0.4) is 0 Å². The lowest BCUT2D eigenvalue weighted by atomic mass is 10.1. The average Bonchev–Trinajstić information content (AvgIpc) is 2.85. The van der Waals surface area contributed by atoms with Crippen molar-refractivity contribution < 1.29 is 5.11 Å². The first-order chi connectivity index (χ1) is 10.3. The van der Waals surface area contributed by atoms with Gasteiger partial charge in [0.15, 0.2) is 0 Å². The Morgan fingerprint density at radius 3 is 2.52 bits per heavy atom. The summed E-state index contributed by atoms with van der Waals surface area (Å²) in [5.74, 6) is 0. The maximum absolute atomic E-state index is 10.1. The number of nitrogens with one attached hydrogen (secondary N) is 2. The standard InChI is InChI=1S/C17H17ClN2O/c18-17-13-8-4-5-9-14(13)20-15(17)10-19-11-16(21)12-6-2-1-3-7-12/h1-9,16,19-21H,10-11H2. The molecule has 0 aliphatic rings. The number of para-hydroxylation sites is 1. The second kappa shape index (κ2) is 6.31. The monoisotopic (exact) mass is 300 g/mol. The molecule has 0 amide bonds. The highest BCUT2D eigenvalue weighted by Gasteiger charge is 2.10. The quantitative estimate of drug-likeness (QED) is 0.673. The van der Waals surface area contributed by atoms with Crippen LogP contribution in [-0.4, -0.2) is 16.6 Å². The van der Waals surface area contributed by atoms with Crippen LogP contribution in [0, 0.1) is 0 Å². The van der Waals surface area contributed by atoms with Gasteiger partial charge in [0.05, 0.1) is 11.1 Å². The van der Waals surface area contributed by atoms with Crippen molar-refractivity contribution in [2.45, 2.75) is 12.6 Å². The van der Waals surface area contributed by atoms with Crippen molar-refractivity contribution in [2.75, 3.05) is 6.54 Å². The van der Waals surface area contributed by atoms with Crippen LogP contribution in [0.2, 0.25) is 5.02 Å². The normalized spacial score (nSPS) is 12.7. The molecule has 0 aliphatic carbocycles. The first-order valence-electron chi connectivity index (χ1n) is 6.94. The Labute approximate surface area is 128 Å². The number of rotatable bonds is 5. The lowest BCUT2D eigenvalue weighted by molar-refractivity contribution is 0.174. The molecule has 0 fully saturated rings. The van der Waals surface area contributed by atoms with E-state index in [-0.39, 0.29) is 0 Å². The van der Waals surface area contributed by atoms with Gasteiger partial charge in [0.1, 0.15) is 0 Å². The number of aliphatic hydroxyl groups is 1. The molecule has 1 atom stereocenters. The van der Waals surface area contributed by atoms with Crippen molar-refractivity contribution in [3.05, 3.63) is 70.9 Å². The first kappa shape index (κ1) is 14.1. The van der Waals surface area contributed by atoms with Crippen LogP contribution in [0.5, 0.6) is 0 Å². The summed E-state index contributed by atoms with van der Waals surface area (Å²) in [4.78, 5) is 3.30. The molecule has 4 heteroatoms. The third-order valence-electron chi connectivity index (χ3n) is 3.54. The summed E-state index contributed by atoms with van der Waals surface area (Å²) in [6, 6.07) is 17.6. The van der Waals surface area contributed by atoms with E-state index < -0.39 is 6.10 Å². The van der Waals surface area contributed by atoms with Gasteiger partial charge in [-0.05, 0) is 11.6 Å². The van der Waals surface area contributed by atoms with Crippen LogP contribution >= 0.6 is 11.6 Å². The fourth-order valence-electron chi connectivity index (χ4n) is 2.41. The van der Waals surface area contributed by atoms with E-state index in [4.69, 9.17) is 11.6 Å². The number of benzene rings is 2. The molecule has 0 saturated heterocycles. The van der Waals surface area contributed by atoms with E-state index in [0.29, 0.717) is 13.1 Å². The van der Waals surface area contributed by atoms with Crippen LogP contribution in [0.25, 0.3) is 10.9 Å². The largest absolute Gasteiger partial charge is 0.387 e. The van der Waals surface area contributed by atoms with Crippen LogP contribution in [0.4, 0.5) is 0 Å². The topological polar surface area (TPSA) is 48.0 Å². The van der Waals surface area contributed by atoms with Gasteiger partial charge in [-0.2, -0.15) is 0 Å². The Hall–Kier alpha value is -1.81. The zero-order valence-electron chi connectivity index (χ0n) is 11.5. The first-order valence-corrected chi connectivity index (χ1v) is 7.32. The van der Waals surface area contributed by atoms with Gasteiger partial charge in [0.25, 0.3) is 0 Å². The van der Waals surface area contributed by atoms with Gasteiger partial charge in [-0.1, -0.05) is 60.1 Å². The Morgan fingerprint density at radius 1 is 1.05 bits per heavy atom. The minimum atomic E-state index is -0.519. The molecule has 0 bridgehead atoms. The van der Waals surface area contributed by atoms with Crippen molar-refractivity contribution >= 4 is 22.5 Å². The molecule has 1 unspecified atom stereocenters. The Bertz CT molecular complexity index is 724. The zero-order valence-corrected chi connectivity index (χ0v) is 12.3. The highest BCUT2D eigenvalue weighted by atomic mass is 35.5. The fourth-order valence-corrected chi connectivity index (χ4v) is 2.69. The number of aromatic nitrogens is 1. The van der Waals surface area contributed by atoms with Crippen molar-refractivity contribution in [1.82, 2.24) is 10.3 Å².